The van der Waals surface area contributed by atoms with Gasteiger partial charge in [0, 0.05) is 24.0 Å². The summed E-state index contributed by atoms with van der Waals surface area (Å²) >= 11 is 5.61. The van der Waals surface area contributed by atoms with Crippen LogP contribution in [0, 0.1) is 23.1 Å². The van der Waals surface area contributed by atoms with Gasteiger partial charge in [0.25, 0.3) is 0 Å². The zero-order valence-electron chi connectivity index (χ0n) is 10.0. The van der Waals surface area contributed by atoms with Gasteiger partial charge < -0.3 is 0 Å². The van der Waals surface area contributed by atoms with E-state index in [1.165, 1.54) is 16.4 Å². The molecule has 1 saturated heterocycles. The van der Waals surface area contributed by atoms with E-state index < -0.39 is 15.8 Å². The van der Waals surface area contributed by atoms with E-state index in [-0.39, 0.29) is 28.9 Å². The van der Waals surface area contributed by atoms with Crippen LogP contribution >= 0.6 is 11.6 Å². The highest BCUT2D eigenvalue weighted by Gasteiger charge is 2.31. The van der Waals surface area contributed by atoms with Gasteiger partial charge in [-0.05, 0) is 31.0 Å². The highest BCUT2D eigenvalue weighted by Crippen LogP contribution is 2.26. The second-order valence-corrected chi connectivity index (χ2v) is 6.72. The molecule has 7 heteroatoms. The lowest BCUT2D eigenvalue weighted by Gasteiger charge is -2.28. The van der Waals surface area contributed by atoms with E-state index in [2.05, 4.69) is 6.07 Å². The third kappa shape index (κ3) is 2.89. The summed E-state index contributed by atoms with van der Waals surface area (Å²) in [5.41, 5.74) is 0. The standard InChI is InChI=1S/C12H12ClFN2O2S/c13-10-1-2-12(11(14)7-10)19(17,18)16-5-3-9(8-15)4-6-16/h1-2,7,9H,3-6H2. The molecular formula is C12H12ClFN2O2S. The SMILES string of the molecule is N#CC1CCN(S(=O)(=O)c2ccc(Cl)cc2F)CC1. The van der Waals surface area contributed by atoms with Crippen molar-refractivity contribution in [1.29, 1.82) is 5.26 Å². The summed E-state index contributed by atoms with van der Waals surface area (Å²) in [6, 6.07) is 5.62. The van der Waals surface area contributed by atoms with Gasteiger partial charge in [-0.25, -0.2) is 12.8 Å². The van der Waals surface area contributed by atoms with Crippen molar-refractivity contribution in [3.63, 3.8) is 0 Å². The highest BCUT2D eigenvalue weighted by molar-refractivity contribution is 7.89. The van der Waals surface area contributed by atoms with Gasteiger partial charge in [-0.15, -0.1) is 0 Å². The first kappa shape index (κ1) is 14.3. The van der Waals surface area contributed by atoms with Crippen LogP contribution in [-0.2, 0) is 10.0 Å². The fraction of sp³-hybridized carbons (Fsp3) is 0.417. The molecule has 1 aromatic rings. The quantitative estimate of drug-likeness (QED) is 0.843. The number of benzene rings is 1. The van der Waals surface area contributed by atoms with Crippen molar-refractivity contribution in [3.05, 3.63) is 29.0 Å². The van der Waals surface area contributed by atoms with Gasteiger partial charge >= 0.3 is 0 Å². The third-order valence-electron chi connectivity index (χ3n) is 3.15. The van der Waals surface area contributed by atoms with Crippen molar-refractivity contribution in [1.82, 2.24) is 4.31 Å². The molecule has 4 nitrogen and oxygen atoms in total. The van der Waals surface area contributed by atoms with E-state index in [1.54, 1.807) is 0 Å². The van der Waals surface area contributed by atoms with Crippen LogP contribution in [0.1, 0.15) is 12.8 Å². The Labute approximate surface area is 116 Å². The maximum Gasteiger partial charge on any atom is 0.245 e. The summed E-state index contributed by atoms with van der Waals surface area (Å²) in [5, 5.41) is 8.93. The van der Waals surface area contributed by atoms with Gasteiger partial charge in [0.1, 0.15) is 10.7 Å². The number of piperidine rings is 1. The first-order valence-electron chi connectivity index (χ1n) is 5.80. The van der Waals surface area contributed by atoms with E-state index in [1.807, 2.05) is 0 Å². The van der Waals surface area contributed by atoms with Gasteiger partial charge in [0.2, 0.25) is 10.0 Å². The maximum atomic E-state index is 13.7. The van der Waals surface area contributed by atoms with Crippen LogP contribution in [0.5, 0.6) is 0 Å². The normalized spacial score (nSPS) is 18.2. The van der Waals surface area contributed by atoms with Gasteiger partial charge in [-0.2, -0.15) is 9.57 Å². The maximum absolute atomic E-state index is 13.7. The van der Waals surface area contributed by atoms with E-state index in [9.17, 15) is 12.8 Å². The molecule has 19 heavy (non-hydrogen) atoms. The van der Waals surface area contributed by atoms with Crippen molar-refractivity contribution >= 4 is 21.6 Å². The first-order chi connectivity index (χ1) is 8.95. The molecule has 2 rings (SSSR count). The number of sulfonamides is 1. The Hall–Kier alpha value is -1.16. The molecule has 1 fully saturated rings. The fourth-order valence-corrected chi connectivity index (χ4v) is 3.72. The van der Waals surface area contributed by atoms with Crippen molar-refractivity contribution in [2.45, 2.75) is 17.7 Å². The number of halogens is 2. The highest BCUT2D eigenvalue weighted by atomic mass is 35.5. The minimum atomic E-state index is -3.85. The molecule has 0 amide bonds. The van der Waals surface area contributed by atoms with Crippen LogP contribution in [0.2, 0.25) is 5.02 Å². The molecule has 1 aromatic carbocycles. The smallest absolute Gasteiger partial charge is 0.207 e. The predicted octanol–water partition coefficient (Wildman–Crippen LogP) is 2.40. The van der Waals surface area contributed by atoms with Crippen LogP contribution in [0.4, 0.5) is 4.39 Å². The average Bonchev–Trinajstić information content (AvgIpc) is 2.38. The van der Waals surface area contributed by atoms with Crippen LogP contribution in [0.15, 0.2) is 23.1 Å². The minimum Gasteiger partial charge on any atom is -0.207 e. The van der Waals surface area contributed by atoms with Gasteiger partial charge in [-0.1, -0.05) is 11.6 Å². The van der Waals surface area contributed by atoms with Crippen LogP contribution in [0.3, 0.4) is 0 Å². The Morgan fingerprint density at radius 2 is 2.00 bits per heavy atom. The van der Waals surface area contributed by atoms with Crippen molar-refractivity contribution in [2.24, 2.45) is 5.92 Å². The average molecular weight is 303 g/mol. The summed E-state index contributed by atoms with van der Waals surface area (Å²) in [4.78, 5) is -0.368. The zero-order valence-corrected chi connectivity index (χ0v) is 11.6. The Kier molecular flexibility index (Phi) is 4.09. The molecule has 0 N–H and O–H groups in total. The molecule has 0 aliphatic carbocycles. The molecule has 0 bridgehead atoms. The van der Waals surface area contributed by atoms with Gasteiger partial charge in [0.05, 0.1) is 6.07 Å². The fourth-order valence-electron chi connectivity index (χ4n) is 2.05. The number of nitriles is 1. The second kappa shape index (κ2) is 5.45. The lowest BCUT2D eigenvalue weighted by molar-refractivity contribution is 0.309. The van der Waals surface area contributed by atoms with Crippen LogP contribution in [-0.4, -0.2) is 25.8 Å². The number of hydrogen-bond donors (Lipinski definition) is 0. The minimum absolute atomic E-state index is 0.124. The van der Waals surface area contributed by atoms with Crippen molar-refractivity contribution < 1.29 is 12.8 Å². The van der Waals surface area contributed by atoms with E-state index >= 15 is 0 Å². The summed E-state index contributed by atoms with van der Waals surface area (Å²) in [5.74, 6) is -0.976. The summed E-state index contributed by atoms with van der Waals surface area (Å²) in [7, 11) is -3.85. The molecule has 1 heterocycles. The number of nitrogens with zero attached hydrogens (tertiary/aromatic N) is 2. The molecule has 0 atom stereocenters. The molecule has 1 aliphatic heterocycles. The molecular weight excluding hydrogens is 291 g/mol. The van der Waals surface area contributed by atoms with Crippen LogP contribution in [0.25, 0.3) is 0 Å². The molecule has 0 spiro atoms. The summed E-state index contributed by atoms with van der Waals surface area (Å²) < 4.78 is 39.5. The second-order valence-electron chi connectivity index (χ2n) is 4.38. The molecule has 0 aromatic heterocycles. The van der Waals surface area contributed by atoms with Gasteiger partial charge in [-0.3, -0.25) is 0 Å². The summed E-state index contributed by atoms with van der Waals surface area (Å²) in [6.45, 7) is 0.477. The monoisotopic (exact) mass is 302 g/mol. The topological polar surface area (TPSA) is 61.2 Å². The largest absolute Gasteiger partial charge is 0.245 e. The predicted molar refractivity (Wildman–Crippen MR) is 68.5 cm³/mol. The lowest BCUT2D eigenvalue weighted by Crippen LogP contribution is -2.38. The molecule has 0 radical (unpaired) electrons. The number of rotatable bonds is 2. The van der Waals surface area contributed by atoms with Gasteiger partial charge in [0.15, 0.2) is 0 Å². The van der Waals surface area contributed by atoms with Crippen LogP contribution < -0.4 is 0 Å². The van der Waals surface area contributed by atoms with E-state index in [4.69, 9.17) is 16.9 Å². The molecule has 0 unspecified atom stereocenters. The Morgan fingerprint density at radius 3 is 2.53 bits per heavy atom. The number of hydrogen-bond acceptors (Lipinski definition) is 3. The van der Waals surface area contributed by atoms with E-state index in [0.717, 1.165) is 6.07 Å². The Bertz CT molecular complexity index is 619. The molecule has 102 valence electrons. The zero-order chi connectivity index (χ0) is 14.0. The molecule has 1 aliphatic rings. The Balaban J connectivity index is 2.26. The van der Waals surface area contributed by atoms with Crippen molar-refractivity contribution in [2.75, 3.05) is 13.1 Å². The molecule has 0 saturated carbocycles. The first-order valence-corrected chi connectivity index (χ1v) is 7.62. The van der Waals surface area contributed by atoms with E-state index in [0.29, 0.717) is 12.8 Å². The Morgan fingerprint density at radius 1 is 1.37 bits per heavy atom. The summed E-state index contributed by atoms with van der Waals surface area (Å²) in [6.07, 6.45) is 0.954. The lowest BCUT2D eigenvalue weighted by atomic mass is 10.0. The van der Waals surface area contributed by atoms with Crippen molar-refractivity contribution in [3.8, 4) is 6.07 Å². The third-order valence-corrected chi connectivity index (χ3v) is 5.32.